The highest BCUT2D eigenvalue weighted by atomic mass is 32.2. The standard InChI is InChI=1S/C18H20F3N3O2S/c19-15-6-5-14(13-17(15)21)27(25,26)22-7-8-23-9-11-24(12-10-23)18-4-2-1-3-16(18)20/h1-6,13,22H,7-12H2. The molecule has 2 aromatic rings. The number of hydrogen-bond donors (Lipinski definition) is 1. The first-order chi connectivity index (χ1) is 12.9. The Hall–Kier alpha value is -2.10. The molecule has 0 aromatic heterocycles. The molecule has 0 unspecified atom stereocenters. The predicted molar refractivity (Wildman–Crippen MR) is 96.6 cm³/mol. The predicted octanol–water partition coefficient (Wildman–Crippen LogP) is 2.20. The zero-order chi connectivity index (χ0) is 19.4. The maximum Gasteiger partial charge on any atom is 0.240 e. The van der Waals surface area contributed by atoms with Gasteiger partial charge >= 0.3 is 0 Å². The van der Waals surface area contributed by atoms with E-state index in [1.165, 1.54) is 6.07 Å². The van der Waals surface area contributed by atoms with Gasteiger partial charge in [0, 0.05) is 39.3 Å². The fraction of sp³-hybridized carbons (Fsp3) is 0.333. The number of sulfonamides is 1. The Morgan fingerprint density at radius 2 is 1.59 bits per heavy atom. The number of halogens is 3. The van der Waals surface area contributed by atoms with Crippen LogP contribution in [0.3, 0.4) is 0 Å². The highest BCUT2D eigenvalue weighted by Crippen LogP contribution is 2.20. The van der Waals surface area contributed by atoms with Gasteiger partial charge in [0.2, 0.25) is 10.0 Å². The first kappa shape index (κ1) is 19.7. The number of nitrogens with one attached hydrogen (secondary N) is 1. The van der Waals surface area contributed by atoms with Crippen LogP contribution in [0.4, 0.5) is 18.9 Å². The van der Waals surface area contributed by atoms with Crippen molar-refractivity contribution in [2.24, 2.45) is 0 Å². The van der Waals surface area contributed by atoms with Crippen LogP contribution in [-0.4, -0.2) is 52.6 Å². The van der Waals surface area contributed by atoms with Gasteiger partial charge in [-0.2, -0.15) is 0 Å². The number of para-hydroxylation sites is 1. The monoisotopic (exact) mass is 399 g/mol. The van der Waals surface area contributed by atoms with Gasteiger partial charge in [0.05, 0.1) is 10.6 Å². The molecule has 0 saturated carbocycles. The van der Waals surface area contributed by atoms with E-state index in [1.807, 2.05) is 4.90 Å². The van der Waals surface area contributed by atoms with Gasteiger partial charge in [-0.3, -0.25) is 4.90 Å². The average molecular weight is 399 g/mol. The van der Waals surface area contributed by atoms with Crippen molar-refractivity contribution < 1.29 is 21.6 Å². The van der Waals surface area contributed by atoms with Crippen molar-refractivity contribution >= 4 is 15.7 Å². The van der Waals surface area contributed by atoms with E-state index < -0.39 is 21.7 Å². The summed E-state index contributed by atoms with van der Waals surface area (Å²) in [5.74, 6) is -2.56. The van der Waals surface area contributed by atoms with E-state index in [2.05, 4.69) is 9.62 Å². The molecule has 1 aliphatic rings. The normalized spacial score (nSPS) is 15.9. The van der Waals surface area contributed by atoms with Crippen molar-refractivity contribution in [1.82, 2.24) is 9.62 Å². The van der Waals surface area contributed by atoms with Crippen molar-refractivity contribution in [3.8, 4) is 0 Å². The van der Waals surface area contributed by atoms with Gasteiger partial charge in [0.15, 0.2) is 11.6 Å². The molecule has 5 nitrogen and oxygen atoms in total. The minimum Gasteiger partial charge on any atom is -0.367 e. The van der Waals surface area contributed by atoms with Crippen LogP contribution in [0.5, 0.6) is 0 Å². The molecule has 1 saturated heterocycles. The Bertz CT molecular complexity index is 900. The summed E-state index contributed by atoms with van der Waals surface area (Å²) in [7, 11) is -3.90. The molecule has 9 heteroatoms. The first-order valence-corrected chi connectivity index (χ1v) is 10.0. The molecule has 1 aliphatic heterocycles. The van der Waals surface area contributed by atoms with Crippen LogP contribution >= 0.6 is 0 Å². The van der Waals surface area contributed by atoms with Crippen molar-refractivity contribution in [2.75, 3.05) is 44.2 Å². The quantitative estimate of drug-likeness (QED) is 0.809. The molecule has 27 heavy (non-hydrogen) atoms. The second kappa shape index (κ2) is 8.28. The molecule has 0 bridgehead atoms. The summed E-state index contributed by atoms with van der Waals surface area (Å²) < 4.78 is 66.7. The Balaban J connectivity index is 1.49. The maximum absolute atomic E-state index is 13.8. The number of nitrogens with zero attached hydrogens (tertiary/aromatic N) is 2. The molecule has 3 rings (SSSR count). The van der Waals surface area contributed by atoms with Gasteiger partial charge in [-0.25, -0.2) is 26.3 Å². The van der Waals surface area contributed by atoms with E-state index in [-0.39, 0.29) is 17.3 Å². The third-order valence-electron chi connectivity index (χ3n) is 4.49. The summed E-state index contributed by atoms with van der Waals surface area (Å²) in [6.07, 6.45) is 0. The molecule has 0 spiro atoms. The molecule has 2 aromatic carbocycles. The highest BCUT2D eigenvalue weighted by Gasteiger charge is 2.20. The van der Waals surface area contributed by atoms with Gasteiger partial charge in [-0.15, -0.1) is 0 Å². The van der Waals surface area contributed by atoms with Crippen LogP contribution in [0, 0.1) is 17.5 Å². The SMILES string of the molecule is O=S(=O)(NCCN1CCN(c2ccccc2F)CC1)c1ccc(F)c(F)c1. The van der Waals surface area contributed by atoms with E-state index in [1.54, 1.807) is 18.2 Å². The van der Waals surface area contributed by atoms with Crippen molar-refractivity contribution in [3.05, 3.63) is 59.9 Å². The number of hydrogen-bond acceptors (Lipinski definition) is 4. The second-order valence-electron chi connectivity index (χ2n) is 6.25. The van der Waals surface area contributed by atoms with Crippen LogP contribution in [0.15, 0.2) is 47.4 Å². The Morgan fingerprint density at radius 3 is 2.26 bits per heavy atom. The lowest BCUT2D eigenvalue weighted by Crippen LogP contribution is -2.48. The second-order valence-corrected chi connectivity index (χ2v) is 8.02. The summed E-state index contributed by atoms with van der Waals surface area (Å²) >= 11 is 0. The summed E-state index contributed by atoms with van der Waals surface area (Å²) in [6, 6.07) is 9.06. The number of piperazine rings is 1. The van der Waals surface area contributed by atoms with Gasteiger partial charge in [-0.05, 0) is 30.3 Å². The van der Waals surface area contributed by atoms with Crippen LogP contribution in [0.1, 0.15) is 0 Å². The van der Waals surface area contributed by atoms with E-state index in [0.717, 1.165) is 12.1 Å². The zero-order valence-corrected chi connectivity index (χ0v) is 15.4. The zero-order valence-electron chi connectivity index (χ0n) is 14.5. The number of benzene rings is 2. The third kappa shape index (κ3) is 4.79. The first-order valence-electron chi connectivity index (χ1n) is 8.53. The average Bonchev–Trinajstić information content (AvgIpc) is 2.65. The van der Waals surface area contributed by atoms with Crippen molar-refractivity contribution in [3.63, 3.8) is 0 Å². The van der Waals surface area contributed by atoms with Crippen molar-refractivity contribution in [1.29, 1.82) is 0 Å². The van der Waals surface area contributed by atoms with Gasteiger partial charge in [0.1, 0.15) is 5.82 Å². The van der Waals surface area contributed by atoms with Gasteiger partial charge in [0.25, 0.3) is 0 Å². The Labute approximate surface area is 156 Å². The summed E-state index contributed by atoms with van der Waals surface area (Å²) in [5.41, 5.74) is 0.566. The third-order valence-corrected chi connectivity index (χ3v) is 5.95. The number of rotatable bonds is 6. The number of anilines is 1. The Morgan fingerprint density at radius 1 is 0.889 bits per heavy atom. The van der Waals surface area contributed by atoms with E-state index in [4.69, 9.17) is 0 Å². The molecule has 0 aliphatic carbocycles. The highest BCUT2D eigenvalue weighted by molar-refractivity contribution is 7.89. The summed E-state index contributed by atoms with van der Waals surface area (Å²) in [4.78, 5) is 3.70. The molecule has 1 N–H and O–H groups in total. The summed E-state index contributed by atoms with van der Waals surface area (Å²) in [5, 5.41) is 0. The molecule has 0 radical (unpaired) electrons. The fourth-order valence-electron chi connectivity index (χ4n) is 2.99. The molecule has 1 heterocycles. The van der Waals surface area contributed by atoms with Crippen LogP contribution in [0.2, 0.25) is 0 Å². The molecular weight excluding hydrogens is 379 g/mol. The minimum atomic E-state index is -3.90. The fourth-order valence-corrected chi connectivity index (χ4v) is 4.02. The van der Waals surface area contributed by atoms with Gasteiger partial charge < -0.3 is 4.90 Å². The lowest BCUT2D eigenvalue weighted by molar-refractivity contribution is 0.261. The van der Waals surface area contributed by atoms with Crippen LogP contribution < -0.4 is 9.62 Å². The lowest BCUT2D eigenvalue weighted by atomic mass is 10.2. The smallest absolute Gasteiger partial charge is 0.240 e. The molecular formula is C18H20F3N3O2S. The van der Waals surface area contributed by atoms with E-state index in [9.17, 15) is 21.6 Å². The largest absolute Gasteiger partial charge is 0.367 e. The molecule has 1 fully saturated rings. The minimum absolute atomic E-state index is 0.140. The van der Waals surface area contributed by atoms with Crippen LogP contribution in [-0.2, 0) is 10.0 Å². The molecule has 146 valence electrons. The van der Waals surface area contributed by atoms with E-state index >= 15 is 0 Å². The topological polar surface area (TPSA) is 52.7 Å². The maximum atomic E-state index is 13.8. The Kier molecular flexibility index (Phi) is 6.03. The van der Waals surface area contributed by atoms with Crippen molar-refractivity contribution in [2.45, 2.75) is 4.90 Å². The summed E-state index contributed by atoms with van der Waals surface area (Å²) in [6.45, 7) is 3.21. The molecule has 0 amide bonds. The van der Waals surface area contributed by atoms with Crippen LogP contribution in [0.25, 0.3) is 0 Å². The van der Waals surface area contributed by atoms with E-state index in [0.29, 0.717) is 44.5 Å². The lowest BCUT2D eigenvalue weighted by Gasteiger charge is -2.36. The molecule has 0 atom stereocenters. The van der Waals surface area contributed by atoms with Gasteiger partial charge in [-0.1, -0.05) is 12.1 Å².